The number of hydrogen-bond donors (Lipinski definition) is 0. The first kappa shape index (κ1) is 12.5. The molecule has 1 heterocycles. The summed E-state index contributed by atoms with van der Waals surface area (Å²) in [6.45, 7) is 7.33. The van der Waals surface area contributed by atoms with Crippen LogP contribution in [0.25, 0.3) is 0 Å². The van der Waals surface area contributed by atoms with Gasteiger partial charge in [0.15, 0.2) is 11.6 Å². The summed E-state index contributed by atoms with van der Waals surface area (Å²) in [7, 11) is 0. The molecule has 1 aliphatic heterocycles. The zero-order chi connectivity index (χ0) is 12.5. The maximum absolute atomic E-state index is 12.0. The highest BCUT2D eigenvalue weighted by Crippen LogP contribution is 2.29. The molecule has 2 rings (SSSR count). The van der Waals surface area contributed by atoms with Gasteiger partial charge in [-0.3, -0.25) is 14.5 Å². The number of carbonyl (C=O) groups excluding carboxylic acids is 2. The molecule has 4 nitrogen and oxygen atoms in total. The molecule has 0 aromatic rings. The Labute approximate surface area is 103 Å². The van der Waals surface area contributed by atoms with Crippen molar-refractivity contribution < 1.29 is 15.8 Å². The molecule has 0 saturated carbocycles. The maximum Gasteiger partial charge on any atom is 1.00 e. The van der Waals surface area contributed by atoms with Crippen molar-refractivity contribution >= 4 is 11.6 Å². The van der Waals surface area contributed by atoms with Crippen molar-refractivity contribution in [2.45, 2.75) is 20.3 Å². The van der Waals surface area contributed by atoms with Crippen molar-refractivity contribution in [1.29, 1.82) is 0 Å². The predicted molar refractivity (Wildman–Crippen MR) is 64.9 cm³/mol. The molecule has 0 bridgehead atoms. The number of hydrogen-bond acceptors (Lipinski definition) is 4. The molecule has 0 unspecified atom stereocenters. The quantitative estimate of drug-likeness (QED) is 0.718. The van der Waals surface area contributed by atoms with E-state index in [1.54, 1.807) is 6.08 Å². The zero-order valence-corrected chi connectivity index (χ0v) is 10.5. The molecule has 0 atom stereocenters. The van der Waals surface area contributed by atoms with Crippen LogP contribution in [-0.2, 0) is 14.3 Å². The lowest BCUT2D eigenvalue weighted by Crippen LogP contribution is -2.40. The van der Waals surface area contributed by atoms with Crippen LogP contribution in [0.2, 0.25) is 0 Å². The predicted octanol–water partition coefficient (Wildman–Crippen LogP) is 0.926. The summed E-state index contributed by atoms with van der Waals surface area (Å²) >= 11 is 0. The fourth-order valence-corrected chi connectivity index (χ4v) is 2.17. The molecule has 2 aliphatic rings. The van der Waals surface area contributed by atoms with Gasteiger partial charge >= 0.3 is 1.43 Å². The molecule has 0 radical (unpaired) electrons. The van der Waals surface area contributed by atoms with E-state index >= 15 is 0 Å². The second-order valence-corrected chi connectivity index (χ2v) is 5.41. The smallest absolute Gasteiger partial charge is 0.379 e. The van der Waals surface area contributed by atoms with Crippen molar-refractivity contribution in [2.75, 3.05) is 32.8 Å². The van der Waals surface area contributed by atoms with Crippen LogP contribution in [0.4, 0.5) is 0 Å². The van der Waals surface area contributed by atoms with Gasteiger partial charge in [-0.25, -0.2) is 0 Å². The number of Topliss-reactive ketones (excluding diaryl/α,β-unsaturated/α-hetero) is 1. The first-order valence-corrected chi connectivity index (χ1v) is 6.07. The molecule has 0 N–H and O–H groups in total. The third-order valence-corrected chi connectivity index (χ3v) is 3.43. The van der Waals surface area contributed by atoms with Gasteiger partial charge < -0.3 is 4.74 Å². The van der Waals surface area contributed by atoms with Gasteiger partial charge in [-0.2, -0.15) is 0 Å². The van der Waals surface area contributed by atoms with Crippen LogP contribution >= 0.6 is 0 Å². The van der Waals surface area contributed by atoms with Crippen molar-refractivity contribution in [3.05, 3.63) is 11.6 Å². The fraction of sp³-hybridized carbons (Fsp3) is 0.692. The van der Waals surface area contributed by atoms with Gasteiger partial charge in [0.2, 0.25) is 0 Å². The molecule has 0 aromatic heterocycles. The third-order valence-electron chi connectivity index (χ3n) is 3.43. The van der Waals surface area contributed by atoms with Crippen LogP contribution in [0.1, 0.15) is 21.7 Å². The molecule has 1 saturated heterocycles. The Balaban J connectivity index is 0.00000162. The molecule has 94 valence electrons. The van der Waals surface area contributed by atoms with Crippen LogP contribution in [0.15, 0.2) is 11.6 Å². The molecular formula is C13H20NO3+. The van der Waals surface area contributed by atoms with Gasteiger partial charge in [0.25, 0.3) is 0 Å². The average molecular weight is 238 g/mol. The highest BCUT2D eigenvalue weighted by atomic mass is 16.5. The minimum atomic E-state index is -0.522. The Morgan fingerprint density at radius 2 is 2.00 bits per heavy atom. The number of rotatable bonds is 2. The van der Waals surface area contributed by atoms with Crippen molar-refractivity contribution in [1.82, 2.24) is 4.90 Å². The van der Waals surface area contributed by atoms with E-state index in [4.69, 9.17) is 4.74 Å². The third kappa shape index (κ3) is 2.82. The summed E-state index contributed by atoms with van der Waals surface area (Å²) in [5.74, 6) is 0.182. The first-order chi connectivity index (χ1) is 7.99. The Bertz CT molecular complexity index is 370. The Morgan fingerprint density at radius 3 is 2.65 bits per heavy atom. The van der Waals surface area contributed by atoms with E-state index in [0.717, 1.165) is 13.1 Å². The van der Waals surface area contributed by atoms with Gasteiger partial charge in [0.1, 0.15) is 0 Å². The maximum atomic E-state index is 12.0. The number of ether oxygens (including phenoxy) is 1. The lowest BCUT2D eigenvalue weighted by atomic mass is 9.76. The summed E-state index contributed by atoms with van der Waals surface area (Å²) in [4.78, 5) is 26.0. The zero-order valence-electron chi connectivity index (χ0n) is 11.5. The summed E-state index contributed by atoms with van der Waals surface area (Å²) in [6, 6.07) is 0. The van der Waals surface area contributed by atoms with E-state index in [-0.39, 0.29) is 13.0 Å². The highest BCUT2D eigenvalue weighted by molar-refractivity contribution is 6.11. The number of nitrogens with zero attached hydrogens (tertiary/aromatic N) is 1. The monoisotopic (exact) mass is 238 g/mol. The number of ketones is 2. The lowest BCUT2D eigenvalue weighted by molar-refractivity contribution is -0.129. The normalized spacial score (nSPS) is 25.9. The Hall–Kier alpha value is -1.00. The molecule has 0 amide bonds. The first-order valence-electron chi connectivity index (χ1n) is 6.07. The Morgan fingerprint density at radius 1 is 1.35 bits per heavy atom. The van der Waals surface area contributed by atoms with E-state index in [2.05, 4.69) is 4.90 Å². The number of carbonyl (C=O) groups is 2. The van der Waals surface area contributed by atoms with E-state index in [0.29, 0.717) is 31.8 Å². The van der Waals surface area contributed by atoms with Crippen LogP contribution in [0, 0.1) is 5.41 Å². The largest absolute Gasteiger partial charge is 1.00 e. The van der Waals surface area contributed by atoms with Gasteiger partial charge in [-0.1, -0.05) is 13.8 Å². The average Bonchev–Trinajstić information content (AvgIpc) is 2.27. The van der Waals surface area contributed by atoms with Crippen molar-refractivity contribution in [2.24, 2.45) is 5.41 Å². The van der Waals surface area contributed by atoms with Crippen LogP contribution < -0.4 is 0 Å². The summed E-state index contributed by atoms with van der Waals surface area (Å²) < 4.78 is 5.26. The lowest BCUT2D eigenvalue weighted by Gasteiger charge is -2.30. The molecular weight excluding hydrogens is 218 g/mol. The second kappa shape index (κ2) is 4.70. The SMILES string of the molecule is CC1(C)CC(=O)C(CN2CCOCC2)=CC1=O.[H+]. The van der Waals surface area contributed by atoms with Gasteiger partial charge in [-0.15, -0.1) is 0 Å². The van der Waals surface area contributed by atoms with Crippen LogP contribution in [0.5, 0.6) is 0 Å². The highest BCUT2D eigenvalue weighted by Gasteiger charge is 2.35. The topological polar surface area (TPSA) is 46.6 Å². The summed E-state index contributed by atoms with van der Waals surface area (Å²) in [6.07, 6.45) is 1.88. The van der Waals surface area contributed by atoms with E-state index in [1.807, 2.05) is 13.8 Å². The van der Waals surface area contributed by atoms with Crippen molar-refractivity contribution in [3.8, 4) is 0 Å². The van der Waals surface area contributed by atoms with Gasteiger partial charge in [0, 0.05) is 37.0 Å². The fourth-order valence-electron chi connectivity index (χ4n) is 2.17. The molecule has 1 aliphatic carbocycles. The minimum Gasteiger partial charge on any atom is -0.379 e. The molecule has 0 aromatic carbocycles. The standard InChI is InChI=1S/C13H19NO3/c1-13(2)8-11(15)10(7-12(13)16)9-14-3-5-17-6-4-14/h7H,3-6,8-9H2,1-2H3/p+1. The minimum absolute atomic E-state index is 0. The van der Waals surface area contributed by atoms with E-state index in [1.165, 1.54) is 0 Å². The number of allylic oxidation sites excluding steroid dienone is 1. The van der Waals surface area contributed by atoms with E-state index in [9.17, 15) is 9.59 Å². The summed E-state index contributed by atoms with van der Waals surface area (Å²) in [5, 5.41) is 0. The molecule has 4 heteroatoms. The van der Waals surface area contributed by atoms with E-state index < -0.39 is 5.41 Å². The van der Waals surface area contributed by atoms with Gasteiger partial charge in [0.05, 0.1) is 13.2 Å². The van der Waals surface area contributed by atoms with Crippen LogP contribution in [-0.4, -0.2) is 49.3 Å². The summed E-state index contributed by atoms with van der Waals surface area (Å²) in [5.41, 5.74) is 0.141. The number of morpholine rings is 1. The second-order valence-electron chi connectivity index (χ2n) is 5.41. The van der Waals surface area contributed by atoms with Gasteiger partial charge in [-0.05, 0) is 6.08 Å². The molecule has 0 spiro atoms. The van der Waals surface area contributed by atoms with Crippen molar-refractivity contribution in [3.63, 3.8) is 0 Å². The molecule has 17 heavy (non-hydrogen) atoms. The molecule has 1 fully saturated rings. The Kier molecular flexibility index (Phi) is 3.45. The van der Waals surface area contributed by atoms with Crippen LogP contribution in [0.3, 0.4) is 0 Å².